The van der Waals surface area contributed by atoms with Crippen LogP contribution in [-0.4, -0.2) is 13.0 Å². The summed E-state index contributed by atoms with van der Waals surface area (Å²) in [7, 11) is 1.69. The first-order valence-corrected chi connectivity index (χ1v) is 7.21. The van der Waals surface area contributed by atoms with E-state index in [1.807, 2.05) is 18.2 Å². The van der Waals surface area contributed by atoms with Crippen molar-refractivity contribution in [3.8, 4) is 5.75 Å². The third-order valence-corrected chi connectivity index (χ3v) is 4.46. The van der Waals surface area contributed by atoms with E-state index >= 15 is 0 Å². The molecule has 0 heterocycles. The normalized spacial score (nSPS) is 21.1. The molecule has 3 nitrogen and oxygen atoms in total. The summed E-state index contributed by atoms with van der Waals surface area (Å²) in [5.74, 6) is 1.35. The molecule has 2 saturated carbocycles. The standard InChI is InChI=1S/C16H21NO2/c1-19-14-9-5-4-8-13(14)16(10-11-16)17-15(18)12-6-2-3-7-12/h4-5,8-9,12H,2-3,6-7,10-11H2,1H3,(H,17,18). The average molecular weight is 259 g/mol. The lowest BCUT2D eigenvalue weighted by molar-refractivity contribution is -0.125. The summed E-state index contributed by atoms with van der Waals surface area (Å²) in [5, 5.41) is 3.28. The fourth-order valence-corrected chi connectivity index (χ4v) is 3.15. The Morgan fingerprint density at radius 3 is 2.58 bits per heavy atom. The van der Waals surface area contributed by atoms with E-state index in [9.17, 15) is 4.79 Å². The number of amides is 1. The minimum Gasteiger partial charge on any atom is -0.496 e. The van der Waals surface area contributed by atoms with Gasteiger partial charge in [0, 0.05) is 11.5 Å². The van der Waals surface area contributed by atoms with Crippen molar-refractivity contribution in [1.29, 1.82) is 0 Å². The van der Waals surface area contributed by atoms with Crippen molar-refractivity contribution in [2.75, 3.05) is 7.11 Å². The van der Waals surface area contributed by atoms with Crippen LogP contribution in [-0.2, 0) is 10.3 Å². The molecule has 0 unspecified atom stereocenters. The third-order valence-electron chi connectivity index (χ3n) is 4.46. The predicted molar refractivity (Wildman–Crippen MR) is 74.0 cm³/mol. The maximum Gasteiger partial charge on any atom is 0.223 e. The van der Waals surface area contributed by atoms with E-state index in [0.29, 0.717) is 0 Å². The lowest BCUT2D eigenvalue weighted by atomic mass is 10.0. The number of benzene rings is 1. The van der Waals surface area contributed by atoms with Gasteiger partial charge >= 0.3 is 0 Å². The molecule has 2 aliphatic carbocycles. The van der Waals surface area contributed by atoms with Gasteiger partial charge in [0.25, 0.3) is 0 Å². The molecule has 1 aromatic carbocycles. The van der Waals surface area contributed by atoms with Gasteiger partial charge in [-0.1, -0.05) is 31.0 Å². The highest BCUT2D eigenvalue weighted by atomic mass is 16.5. The summed E-state index contributed by atoms with van der Waals surface area (Å²) in [5.41, 5.74) is 0.968. The Hall–Kier alpha value is -1.51. The van der Waals surface area contributed by atoms with Crippen LogP contribution in [0.15, 0.2) is 24.3 Å². The molecule has 0 atom stereocenters. The summed E-state index contributed by atoms with van der Waals surface area (Å²) in [4.78, 5) is 12.3. The molecule has 2 aliphatic rings. The number of carbonyl (C=O) groups is 1. The second-order valence-corrected chi connectivity index (χ2v) is 5.75. The fraction of sp³-hybridized carbons (Fsp3) is 0.562. The highest BCUT2D eigenvalue weighted by Gasteiger charge is 2.48. The predicted octanol–water partition coefficient (Wildman–Crippen LogP) is 2.99. The molecule has 1 N–H and O–H groups in total. The molecule has 0 bridgehead atoms. The first kappa shape index (κ1) is 12.5. The van der Waals surface area contributed by atoms with Gasteiger partial charge in [0.05, 0.1) is 12.6 Å². The van der Waals surface area contributed by atoms with Crippen LogP contribution in [0, 0.1) is 5.92 Å². The maximum absolute atomic E-state index is 12.3. The van der Waals surface area contributed by atoms with Crippen LogP contribution < -0.4 is 10.1 Å². The van der Waals surface area contributed by atoms with E-state index in [4.69, 9.17) is 4.74 Å². The van der Waals surface area contributed by atoms with Crippen LogP contribution >= 0.6 is 0 Å². The van der Waals surface area contributed by atoms with E-state index in [1.165, 1.54) is 12.8 Å². The second-order valence-electron chi connectivity index (χ2n) is 5.75. The van der Waals surface area contributed by atoms with Crippen LogP contribution in [0.3, 0.4) is 0 Å². The molecule has 0 spiro atoms. The average Bonchev–Trinajstić information content (AvgIpc) is 3.01. The van der Waals surface area contributed by atoms with Crippen LogP contribution in [0.25, 0.3) is 0 Å². The van der Waals surface area contributed by atoms with Crippen molar-refractivity contribution in [3.63, 3.8) is 0 Å². The van der Waals surface area contributed by atoms with Gasteiger partial charge in [-0.05, 0) is 31.7 Å². The second kappa shape index (κ2) is 4.87. The van der Waals surface area contributed by atoms with E-state index in [-0.39, 0.29) is 17.4 Å². The molecule has 0 radical (unpaired) electrons. The molecule has 0 aromatic heterocycles. The molecular formula is C16H21NO2. The van der Waals surface area contributed by atoms with Gasteiger partial charge in [0.15, 0.2) is 0 Å². The van der Waals surface area contributed by atoms with Gasteiger partial charge in [0.1, 0.15) is 5.75 Å². The van der Waals surface area contributed by atoms with Crippen molar-refractivity contribution >= 4 is 5.91 Å². The van der Waals surface area contributed by atoms with E-state index in [1.54, 1.807) is 7.11 Å². The number of hydrogen-bond acceptors (Lipinski definition) is 2. The zero-order chi connectivity index (χ0) is 13.3. The summed E-state index contributed by atoms with van der Waals surface area (Å²) in [6, 6.07) is 8.02. The van der Waals surface area contributed by atoms with Crippen LogP contribution in [0.1, 0.15) is 44.1 Å². The molecule has 19 heavy (non-hydrogen) atoms. The van der Waals surface area contributed by atoms with Gasteiger partial charge in [-0.15, -0.1) is 0 Å². The quantitative estimate of drug-likeness (QED) is 0.902. The van der Waals surface area contributed by atoms with Crippen LogP contribution in [0.5, 0.6) is 5.75 Å². The Balaban J connectivity index is 1.77. The minimum atomic E-state index is -0.160. The van der Waals surface area contributed by atoms with E-state index in [0.717, 1.165) is 37.0 Å². The summed E-state index contributed by atoms with van der Waals surface area (Å²) in [6.07, 6.45) is 6.53. The Labute approximate surface area is 114 Å². The maximum atomic E-state index is 12.3. The monoisotopic (exact) mass is 259 g/mol. The highest BCUT2D eigenvalue weighted by molar-refractivity contribution is 5.80. The summed E-state index contributed by atoms with van der Waals surface area (Å²) < 4.78 is 5.43. The molecule has 3 rings (SSSR count). The lowest BCUT2D eigenvalue weighted by Gasteiger charge is -2.22. The Kier molecular flexibility index (Phi) is 3.21. The molecular weight excluding hydrogens is 238 g/mol. The number of nitrogens with one attached hydrogen (secondary N) is 1. The SMILES string of the molecule is COc1ccccc1C1(NC(=O)C2CCCC2)CC1. The molecule has 1 amide bonds. The van der Waals surface area contributed by atoms with Crippen molar-refractivity contribution in [2.45, 2.75) is 44.1 Å². The van der Waals surface area contributed by atoms with Gasteiger partial charge < -0.3 is 10.1 Å². The Morgan fingerprint density at radius 1 is 1.26 bits per heavy atom. The number of para-hydroxylation sites is 1. The topological polar surface area (TPSA) is 38.3 Å². The number of hydrogen-bond donors (Lipinski definition) is 1. The molecule has 0 aliphatic heterocycles. The van der Waals surface area contributed by atoms with E-state index < -0.39 is 0 Å². The number of methoxy groups -OCH3 is 1. The van der Waals surface area contributed by atoms with Gasteiger partial charge in [0.2, 0.25) is 5.91 Å². The summed E-state index contributed by atoms with van der Waals surface area (Å²) >= 11 is 0. The molecule has 0 saturated heterocycles. The van der Waals surface area contributed by atoms with Crippen molar-refractivity contribution < 1.29 is 9.53 Å². The lowest BCUT2D eigenvalue weighted by Crippen LogP contribution is -2.38. The first-order chi connectivity index (χ1) is 9.25. The fourth-order valence-electron chi connectivity index (χ4n) is 3.15. The molecule has 2 fully saturated rings. The number of rotatable bonds is 4. The molecule has 3 heteroatoms. The van der Waals surface area contributed by atoms with Crippen molar-refractivity contribution in [2.24, 2.45) is 5.92 Å². The minimum absolute atomic E-state index is 0.160. The van der Waals surface area contributed by atoms with E-state index in [2.05, 4.69) is 11.4 Å². The largest absolute Gasteiger partial charge is 0.496 e. The first-order valence-electron chi connectivity index (χ1n) is 7.21. The smallest absolute Gasteiger partial charge is 0.223 e. The van der Waals surface area contributed by atoms with Crippen molar-refractivity contribution in [1.82, 2.24) is 5.32 Å². The highest BCUT2D eigenvalue weighted by Crippen LogP contribution is 2.49. The van der Waals surface area contributed by atoms with Gasteiger partial charge in [-0.25, -0.2) is 0 Å². The third kappa shape index (κ3) is 2.34. The summed E-state index contributed by atoms with van der Waals surface area (Å²) in [6.45, 7) is 0. The van der Waals surface area contributed by atoms with Gasteiger partial charge in [-0.3, -0.25) is 4.79 Å². The number of carbonyl (C=O) groups excluding carboxylic acids is 1. The van der Waals surface area contributed by atoms with Crippen molar-refractivity contribution in [3.05, 3.63) is 29.8 Å². The number of ether oxygens (including phenoxy) is 1. The van der Waals surface area contributed by atoms with Crippen LogP contribution in [0.2, 0.25) is 0 Å². The Bertz CT molecular complexity index is 473. The zero-order valence-corrected chi connectivity index (χ0v) is 11.4. The zero-order valence-electron chi connectivity index (χ0n) is 11.4. The molecule has 102 valence electrons. The van der Waals surface area contributed by atoms with Gasteiger partial charge in [-0.2, -0.15) is 0 Å². The Morgan fingerprint density at radius 2 is 1.95 bits per heavy atom. The molecule has 1 aromatic rings. The van der Waals surface area contributed by atoms with Crippen LogP contribution in [0.4, 0.5) is 0 Å².